The first kappa shape index (κ1) is 15.0. The second kappa shape index (κ2) is 5.25. The summed E-state index contributed by atoms with van der Waals surface area (Å²) in [6, 6.07) is 1.58. The maximum absolute atomic E-state index is 12.5. The zero-order valence-corrected chi connectivity index (χ0v) is 14.3. The molecule has 2 aliphatic heterocycles. The molecule has 1 N–H and O–H groups in total. The van der Waals surface area contributed by atoms with Crippen LogP contribution in [0.5, 0.6) is 0 Å². The number of nitrogens with one attached hydrogen (secondary N) is 1. The van der Waals surface area contributed by atoms with Crippen molar-refractivity contribution in [1.82, 2.24) is 15.2 Å². The maximum Gasteiger partial charge on any atom is 0.271 e. The molecule has 0 aliphatic carbocycles. The highest BCUT2D eigenvalue weighted by molar-refractivity contribution is 7.91. The molecule has 4 heterocycles. The van der Waals surface area contributed by atoms with E-state index < -0.39 is 9.84 Å². The Kier molecular flexibility index (Phi) is 3.44. The molecule has 2 saturated heterocycles. The van der Waals surface area contributed by atoms with Gasteiger partial charge in [0, 0.05) is 36.3 Å². The fraction of sp³-hybridized carbons (Fsp3) is 0.467. The standard InChI is InChI=1S/C15H17N3O3S2/c1-23(20,21)13-8-22-12-6-16-11(5-10(12)13)15(19)17-14-4-9-2-3-18(14)7-9/h5-6,8-9,14H,2-4,7H2,1H3,(H,17,19). The highest BCUT2D eigenvalue weighted by Gasteiger charge is 2.38. The first-order valence-electron chi connectivity index (χ1n) is 7.54. The Morgan fingerprint density at radius 2 is 2.30 bits per heavy atom. The van der Waals surface area contributed by atoms with Gasteiger partial charge in [-0.15, -0.1) is 11.3 Å². The Morgan fingerprint density at radius 1 is 1.48 bits per heavy atom. The van der Waals surface area contributed by atoms with Crippen molar-refractivity contribution in [1.29, 1.82) is 0 Å². The Balaban J connectivity index is 1.62. The number of nitrogens with zero attached hydrogens (tertiary/aromatic N) is 2. The second-order valence-corrected chi connectivity index (χ2v) is 9.21. The number of rotatable bonds is 3. The van der Waals surface area contributed by atoms with Gasteiger partial charge in [-0.3, -0.25) is 9.69 Å². The van der Waals surface area contributed by atoms with E-state index in [0.29, 0.717) is 11.3 Å². The van der Waals surface area contributed by atoms with Crippen molar-refractivity contribution in [3.8, 4) is 0 Å². The predicted molar refractivity (Wildman–Crippen MR) is 88.3 cm³/mol. The first-order valence-corrected chi connectivity index (χ1v) is 10.3. The molecule has 2 aromatic heterocycles. The molecular weight excluding hydrogens is 334 g/mol. The van der Waals surface area contributed by atoms with Crippen molar-refractivity contribution in [3.05, 3.63) is 23.3 Å². The van der Waals surface area contributed by atoms with Crippen LogP contribution in [0.3, 0.4) is 0 Å². The number of pyridine rings is 1. The summed E-state index contributed by atoms with van der Waals surface area (Å²) in [5.74, 6) is 0.444. The minimum absolute atomic E-state index is 0.0793. The SMILES string of the molecule is CS(=O)(=O)c1csc2cnc(C(=O)NC3CC4CCN3C4)cc12. The van der Waals surface area contributed by atoms with Gasteiger partial charge in [0.25, 0.3) is 5.91 Å². The van der Waals surface area contributed by atoms with Crippen LogP contribution < -0.4 is 5.32 Å². The van der Waals surface area contributed by atoms with E-state index in [-0.39, 0.29) is 22.7 Å². The topological polar surface area (TPSA) is 79.4 Å². The molecule has 6 nitrogen and oxygen atoms in total. The molecule has 122 valence electrons. The summed E-state index contributed by atoms with van der Waals surface area (Å²) in [7, 11) is -3.32. The molecule has 23 heavy (non-hydrogen) atoms. The third-order valence-electron chi connectivity index (χ3n) is 4.67. The molecule has 0 aromatic carbocycles. The normalized spacial score (nSPS) is 26.7. The van der Waals surface area contributed by atoms with Gasteiger partial charge in [-0.2, -0.15) is 0 Å². The van der Waals surface area contributed by atoms with Gasteiger partial charge in [-0.1, -0.05) is 0 Å². The van der Waals surface area contributed by atoms with Crippen LogP contribution in [0.4, 0.5) is 0 Å². The number of hydrogen-bond acceptors (Lipinski definition) is 6. The highest BCUT2D eigenvalue weighted by Crippen LogP contribution is 2.32. The average Bonchev–Trinajstić information content (AvgIpc) is 3.20. The van der Waals surface area contributed by atoms with E-state index in [1.807, 2.05) is 0 Å². The third kappa shape index (κ3) is 2.64. The van der Waals surface area contributed by atoms with Crippen molar-refractivity contribution >= 4 is 37.2 Å². The minimum Gasteiger partial charge on any atom is -0.335 e. The quantitative estimate of drug-likeness (QED) is 0.906. The number of thiophene rings is 1. The van der Waals surface area contributed by atoms with Crippen molar-refractivity contribution < 1.29 is 13.2 Å². The van der Waals surface area contributed by atoms with Gasteiger partial charge in [0.15, 0.2) is 9.84 Å². The monoisotopic (exact) mass is 351 g/mol. The van der Waals surface area contributed by atoms with E-state index in [4.69, 9.17) is 0 Å². The number of carbonyl (C=O) groups excluding carboxylic acids is 1. The molecule has 4 rings (SSSR count). The fourth-order valence-corrected chi connectivity index (χ4v) is 5.75. The molecule has 2 aliphatic rings. The average molecular weight is 351 g/mol. The molecule has 0 spiro atoms. The van der Waals surface area contributed by atoms with Gasteiger partial charge in [0.05, 0.1) is 15.8 Å². The smallest absolute Gasteiger partial charge is 0.271 e. The molecule has 1 amide bonds. The zero-order chi connectivity index (χ0) is 16.2. The molecule has 0 radical (unpaired) electrons. The van der Waals surface area contributed by atoms with Crippen molar-refractivity contribution in [2.75, 3.05) is 19.3 Å². The van der Waals surface area contributed by atoms with Crippen LogP contribution in [0.15, 0.2) is 22.5 Å². The number of aromatic nitrogens is 1. The molecule has 3 unspecified atom stereocenters. The van der Waals surface area contributed by atoms with Crippen LogP contribution in [0, 0.1) is 5.92 Å². The summed E-state index contributed by atoms with van der Waals surface area (Å²) in [6.07, 6.45) is 5.03. The number of piperidine rings is 1. The lowest BCUT2D eigenvalue weighted by Gasteiger charge is -2.25. The summed E-state index contributed by atoms with van der Waals surface area (Å²) in [5.41, 5.74) is 0.268. The van der Waals surface area contributed by atoms with Crippen LogP contribution >= 0.6 is 11.3 Å². The second-order valence-electron chi connectivity index (χ2n) is 6.31. The molecule has 2 fully saturated rings. The molecule has 3 atom stereocenters. The van der Waals surface area contributed by atoms with E-state index in [0.717, 1.165) is 24.2 Å². The van der Waals surface area contributed by atoms with Crippen molar-refractivity contribution in [3.63, 3.8) is 0 Å². The number of carbonyl (C=O) groups is 1. The fourth-order valence-electron chi connectivity index (χ4n) is 3.50. The summed E-state index contributed by atoms with van der Waals surface area (Å²) in [4.78, 5) is 19.2. The van der Waals surface area contributed by atoms with Crippen molar-refractivity contribution in [2.24, 2.45) is 5.92 Å². The highest BCUT2D eigenvalue weighted by atomic mass is 32.2. The van der Waals surface area contributed by atoms with E-state index in [9.17, 15) is 13.2 Å². The minimum atomic E-state index is -3.32. The lowest BCUT2D eigenvalue weighted by Crippen LogP contribution is -2.45. The van der Waals surface area contributed by atoms with Gasteiger partial charge in [-0.05, 0) is 24.8 Å². The Bertz CT molecular complexity index is 891. The summed E-state index contributed by atoms with van der Waals surface area (Å²) < 4.78 is 24.4. The van der Waals surface area contributed by atoms with Gasteiger partial charge >= 0.3 is 0 Å². The van der Waals surface area contributed by atoms with Crippen LogP contribution in [0.1, 0.15) is 23.3 Å². The number of fused-ring (bicyclic) bond motifs is 3. The molecule has 0 saturated carbocycles. The Labute approximate surface area is 138 Å². The Morgan fingerprint density at radius 3 is 2.96 bits per heavy atom. The lowest BCUT2D eigenvalue weighted by molar-refractivity contribution is 0.0878. The Hall–Kier alpha value is -1.51. The molecular formula is C15H17N3O3S2. The van der Waals surface area contributed by atoms with E-state index in [2.05, 4.69) is 15.2 Å². The van der Waals surface area contributed by atoms with Gasteiger partial charge in [0.1, 0.15) is 5.69 Å². The van der Waals surface area contributed by atoms with E-state index >= 15 is 0 Å². The molecule has 8 heteroatoms. The van der Waals surface area contributed by atoms with Crippen molar-refractivity contribution in [2.45, 2.75) is 23.9 Å². The molecule has 2 bridgehead atoms. The van der Waals surface area contributed by atoms with Gasteiger partial charge in [0.2, 0.25) is 0 Å². The predicted octanol–water partition coefficient (Wildman–Crippen LogP) is 1.48. The number of sulfone groups is 1. The summed E-state index contributed by atoms with van der Waals surface area (Å²) >= 11 is 1.32. The van der Waals surface area contributed by atoms with Crippen LogP contribution in [-0.4, -0.2) is 49.7 Å². The lowest BCUT2D eigenvalue weighted by atomic mass is 10.0. The maximum atomic E-state index is 12.5. The van der Waals surface area contributed by atoms with Crippen LogP contribution in [-0.2, 0) is 9.84 Å². The largest absolute Gasteiger partial charge is 0.335 e. The van der Waals surface area contributed by atoms with Crippen LogP contribution in [0.25, 0.3) is 10.1 Å². The number of amides is 1. The summed E-state index contributed by atoms with van der Waals surface area (Å²) in [6.45, 7) is 2.09. The summed E-state index contributed by atoms with van der Waals surface area (Å²) in [5, 5.41) is 5.20. The van der Waals surface area contributed by atoms with Crippen LogP contribution in [0.2, 0.25) is 0 Å². The zero-order valence-electron chi connectivity index (χ0n) is 12.7. The third-order valence-corrected chi connectivity index (χ3v) is 6.89. The van der Waals surface area contributed by atoms with Gasteiger partial charge < -0.3 is 5.32 Å². The number of hydrogen-bond donors (Lipinski definition) is 1. The van der Waals surface area contributed by atoms with Gasteiger partial charge in [-0.25, -0.2) is 13.4 Å². The van der Waals surface area contributed by atoms with E-state index in [1.54, 1.807) is 17.6 Å². The molecule has 2 aromatic rings. The van der Waals surface area contributed by atoms with E-state index in [1.165, 1.54) is 24.0 Å². The first-order chi connectivity index (χ1) is 10.9.